The van der Waals surface area contributed by atoms with Crippen LogP contribution in [0.5, 0.6) is 0 Å². The van der Waals surface area contributed by atoms with Crippen molar-refractivity contribution in [3.63, 3.8) is 0 Å². The van der Waals surface area contributed by atoms with E-state index in [1.807, 2.05) is 20.8 Å². The quantitative estimate of drug-likeness (QED) is 0.381. The van der Waals surface area contributed by atoms with E-state index in [1.54, 1.807) is 67.0 Å². The molecule has 3 aromatic rings. The monoisotopic (exact) mass is 635 g/mol. The third-order valence-corrected chi connectivity index (χ3v) is 8.24. The van der Waals surface area contributed by atoms with Gasteiger partial charge in [0.15, 0.2) is 0 Å². The van der Waals surface area contributed by atoms with Gasteiger partial charge in [0.2, 0.25) is 0 Å². The van der Waals surface area contributed by atoms with E-state index in [2.05, 4.69) is 20.6 Å². The fraction of sp³-hybridized carbons (Fsp3) is 0.500. The lowest BCUT2D eigenvalue weighted by atomic mass is 10.0. The lowest BCUT2D eigenvalue weighted by Gasteiger charge is -2.30. The molecule has 0 spiro atoms. The molecule has 1 aliphatic carbocycles. The number of cyclic esters (lactones) is 1. The number of carbonyl (C=O) groups is 3. The SMILES string of the molecule is CC(C)(C)OC(=O)N[C@]1(c2ccc(-c3ccc(N4C[C@H](Cn5ccnn5)OC4=O)cc3F)cn2)[C@@H]2CN(C(=O)OC(C)(C)C)C[C@@H]21. The van der Waals surface area contributed by atoms with Crippen molar-refractivity contribution in [2.45, 2.75) is 70.9 Å². The summed E-state index contributed by atoms with van der Waals surface area (Å²) in [7, 11) is 0. The van der Waals surface area contributed by atoms with Gasteiger partial charge in [-0.2, -0.15) is 0 Å². The second-order valence-corrected chi connectivity index (χ2v) is 13.9. The Balaban J connectivity index is 1.19. The highest BCUT2D eigenvalue weighted by molar-refractivity contribution is 5.90. The maximum atomic E-state index is 15.5. The van der Waals surface area contributed by atoms with Gasteiger partial charge in [-0.25, -0.2) is 23.5 Å². The lowest BCUT2D eigenvalue weighted by Crippen LogP contribution is -2.47. The molecule has 1 N–H and O–H groups in total. The molecule has 2 aromatic heterocycles. The predicted molar refractivity (Wildman–Crippen MR) is 163 cm³/mol. The Labute approximate surface area is 266 Å². The van der Waals surface area contributed by atoms with Crippen molar-refractivity contribution < 1.29 is 33.0 Å². The van der Waals surface area contributed by atoms with Crippen molar-refractivity contribution in [1.82, 2.24) is 30.2 Å². The number of amides is 3. The highest BCUT2D eigenvalue weighted by Gasteiger charge is 2.72. The smallest absolute Gasteiger partial charge is 0.414 e. The fourth-order valence-corrected chi connectivity index (χ4v) is 6.28. The zero-order valence-corrected chi connectivity index (χ0v) is 26.7. The van der Waals surface area contributed by atoms with E-state index < -0.39 is 46.9 Å². The molecule has 244 valence electrons. The average Bonchev–Trinajstić information content (AvgIpc) is 3.47. The molecule has 3 amide bonds. The second kappa shape index (κ2) is 11.2. The Bertz CT molecular complexity index is 1620. The largest absolute Gasteiger partial charge is 0.444 e. The molecule has 13 nitrogen and oxygen atoms in total. The highest BCUT2D eigenvalue weighted by Crippen LogP contribution is 2.61. The van der Waals surface area contributed by atoms with Crippen LogP contribution in [0.15, 0.2) is 48.9 Å². The molecule has 0 radical (unpaired) electrons. The molecule has 14 heteroatoms. The van der Waals surface area contributed by atoms with Crippen molar-refractivity contribution >= 4 is 24.0 Å². The summed E-state index contributed by atoms with van der Waals surface area (Å²) >= 11 is 0. The number of alkyl carbamates (subject to hydrolysis) is 1. The van der Waals surface area contributed by atoms with Crippen LogP contribution in [-0.2, 0) is 26.3 Å². The van der Waals surface area contributed by atoms with E-state index in [9.17, 15) is 14.4 Å². The number of pyridine rings is 1. The topological polar surface area (TPSA) is 141 Å². The van der Waals surface area contributed by atoms with Crippen LogP contribution in [0, 0.1) is 17.7 Å². The molecule has 3 aliphatic rings. The maximum Gasteiger partial charge on any atom is 0.414 e. The summed E-state index contributed by atoms with van der Waals surface area (Å²) in [5.74, 6) is -0.733. The second-order valence-electron chi connectivity index (χ2n) is 13.9. The van der Waals surface area contributed by atoms with Gasteiger partial charge in [-0.15, -0.1) is 5.10 Å². The number of hydrogen-bond donors (Lipinski definition) is 1. The standard InChI is InChI=1S/C32H38FN7O6/c1-30(2,3)45-27(41)36-32(23-17-38(18-24(23)32)28(42)46-31(4,5)6)26-10-7-19(14-34-26)22-9-8-20(13-25(22)33)40-16-21(44-29(40)43)15-39-12-11-35-37-39/h7-14,21,23-24H,15-18H2,1-6H3,(H,36,41)/t21-,23-,24+,32-/m0/s1. The molecule has 4 heterocycles. The third-order valence-electron chi connectivity index (χ3n) is 8.24. The number of aromatic nitrogens is 4. The molecule has 0 unspecified atom stereocenters. The van der Waals surface area contributed by atoms with Gasteiger partial charge in [-0.1, -0.05) is 11.3 Å². The number of nitrogens with zero attached hydrogens (tertiary/aromatic N) is 6. The summed E-state index contributed by atoms with van der Waals surface area (Å²) in [6.07, 6.45) is 2.78. The van der Waals surface area contributed by atoms with Crippen LogP contribution in [0.1, 0.15) is 47.2 Å². The number of carbonyl (C=O) groups excluding carboxylic acids is 3. The van der Waals surface area contributed by atoms with E-state index in [0.717, 1.165) is 0 Å². The zero-order chi connectivity index (χ0) is 33.0. The van der Waals surface area contributed by atoms with Gasteiger partial charge in [0.05, 0.1) is 36.2 Å². The maximum absolute atomic E-state index is 15.5. The van der Waals surface area contributed by atoms with Gasteiger partial charge in [0.1, 0.15) is 23.1 Å². The third kappa shape index (κ3) is 6.20. The minimum atomic E-state index is -0.847. The van der Waals surface area contributed by atoms with Crippen molar-refractivity contribution in [2.24, 2.45) is 11.8 Å². The first-order valence-electron chi connectivity index (χ1n) is 15.2. The Hall–Kier alpha value is -4.75. The van der Waals surface area contributed by atoms with Gasteiger partial charge >= 0.3 is 18.3 Å². The van der Waals surface area contributed by atoms with Crippen LogP contribution in [0.2, 0.25) is 0 Å². The molecule has 46 heavy (non-hydrogen) atoms. The number of hydrogen-bond acceptors (Lipinski definition) is 9. The normalized spacial score (nSPS) is 24.0. The van der Waals surface area contributed by atoms with Crippen molar-refractivity contribution in [3.05, 3.63) is 60.4 Å². The van der Waals surface area contributed by atoms with Crippen molar-refractivity contribution in [1.29, 1.82) is 0 Å². The molecule has 2 aliphatic heterocycles. The summed E-state index contributed by atoms with van der Waals surface area (Å²) < 4.78 is 33.6. The van der Waals surface area contributed by atoms with E-state index in [-0.39, 0.29) is 18.4 Å². The minimum absolute atomic E-state index is 0.101. The van der Waals surface area contributed by atoms with E-state index >= 15 is 4.39 Å². The Morgan fingerprint density at radius 1 is 1.04 bits per heavy atom. The molecule has 3 fully saturated rings. The molecule has 1 saturated carbocycles. The number of anilines is 1. The number of halogens is 1. The van der Waals surface area contributed by atoms with E-state index in [1.165, 1.54) is 17.2 Å². The molecule has 1 aromatic carbocycles. The van der Waals surface area contributed by atoms with Crippen LogP contribution < -0.4 is 10.2 Å². The first-order chi connectivity index (χ1) is 21.6. The number of piperidine rings is 1. The Kier molecular flexibility index (Phi) is 7.64. The molecule has 2 saturated heterocycles. The minimum Gasteiger partial charge on any atom is -0.444 e. The molecule has 4 atom stereocenters. The Morgan fingerprint density at radius 2 is 1.76 bits per heavy atom. The first kappa shape index (κ1) is 31.2. The van der Waals surface area contributed by atoms with Crippen molar-refractivity contribution in [2.75, 3.05) is 24.5 Å². The average molecular weight is 636 g/mol. The summed E-state index contributed by atoms with van der Waals surface area (Å²) in [6.45, 7) is 12.2. The summed E-state index contributed by atoms with van der Waals surface area (Å²) in [5, 5.41) is 10.7. The van der Waals surface area contributed by atoms with Crippen LogP contribution in [0.3, 0.4) is 0 Å². The van der Waals surface area contributed by atoms with Crippen LogP contribution in [0.4, 0.5) is 24.5 Å². The molecule has 6 rings (SSSR count). The van der Waals surface area contributed by atoms with E-state index in [0.29, 0.717) is 42.1 Å². The lowest BCUT2D eigenvalue weighted by molar-refractivity contribution is 0.0248. The zero-order valence-electron chi connectivity index (χ0n) is 26.7. The number of ether oxygens (including phenoxy) is 3. The van der Waals surface area contributed by atoms with Gasteiger partial charge in [-0.3, -0.25) is 9.88 Å². The predicted octanol–water partition coefficient (Wildman–Crippen LogP) is 4.72. The number of likely N-dealkylation sites (tertiary alicyclic amines) is 1. The van der Waals surface area contributed by atoms with Crippen molar-refractivity contribution in [3.8, 4) is 11.1 Å². The molecular formula is C32H38FN7O6. The summed E-state index contributed by atoms with van der Waals surface area (Å²) in [6, 6.07) is 8.07. The van der Waals surface area contributed by atoms with Crippen LogP contribution in [0.25, 0.3) is 11.1 Å². The van der Waals surface area contributed by atoms with Crippen LogP contribution >= 0.6 is 0 Å². The van der Waals surface area contributed by atoms with Gasteiger partial charge in [-0.05, 0) is 65.8 Å². The molecule has 0 bridgehead atoms. The molecular weight excluding hydrogens is 597 g/mol. The van der Waals surface area contributed by atoms with Gasteiger partial charge < -0.3 is 24.4 Å². The number of rotatable bonds is 6. The van der Waals surface area contributed by atoms with E-state index in [4.69, 9.17) is 14.2 Å². The fourth-order valence-electron chi connectivity index (χ4n) is 6.28. The first-order valence-corrected chi connectivity index (χ1v) is 15.2. The highest BCUT2D eigenvalue weighted by atomic mass is 19.1. The number of nitrogens with one attached hydrogen (secondary N) is 1. The van der Waals surface area contributed by atoms with Crippen LogP contribution in [-0.4, -0.2) is 80.1 Å². The number of fused-ring (bicyclic) bond motifs is 1. The number of benzene rings is 1. The summed E-state index contributed by atoms with van der Waals surface area (Å²) in [5.41, 5.74) is -0.387. The Morgan fingerprint density at radius 3 is 2.35 bits per heavy atom. The van der Waals surface area contributed by atoms with Gasteiger partial charge in [0.25, 0.3) is 0 Å². The van der Waals surface area contributed by atoms with Gasteiger partial charge in [0, 0.05) is 48.4 Å². The summed E-state index contributed by atoms with van der Waals surface area (Å²) in [4.78, 5) is 45.9.